The van der Waals surface area contributed by atoms with Gasteiger partial charge in [0, 0.05) is 14.1 Å². The SMILES string of the molecule is Cc1ccc(CC2C(=O)N(C)C(=O)N(C)C2=O)cc1. The number of carbonyl (C=O) groups excluding carboxylic acids is 3. The zero-order valence-corrected chi connectivity index (χ0v) is 11.2. The van der Waals surface area contributed by atoms with Gasteiger partial charge in [0.2, 0.25) is 11.8 Å². The van der Waals surface area contributed by atoms with E-state index in [1.807, 2.05) is 31.2 Å². The van der Waals surface area contributed by atoms with Crippen LogP contribution in [0.4, 0.5) is 4.79 Å². The summed E-state index contributed by atoms with van der Waals surface area (Å²) in [5.41, 5.74) is 2.03. The fourth-order valence-electron chi connectivity index (χ4n) is 2.12. The first-order chi connectivity index (χ1) is 8.91. The maximum atomic E-state index is 12.0. The van der Waals surface area contributed by atoms with E-state index in [-0.39, 0.29) is 0 Å². The van der Waals surface area contributed by atoms with Gasteiger partial charge in [-0.3, -0.25) is 19.4 Å². The second kappa shape index (κ2) is 4.84. The summed E-state index contributed by atoms with van der Waals surface area (Å²) in [6.07, 6.45) is 0.319. The topological polar surface area (TPSA) is 57.7 Å². The molecule has 0 bridgehead atoms. The van der Waals surface area contributed by atoms with Crippen molar-refractivity contribution in [2.24, 2.45) is 5.92 Å². The Morgan fingerprint density at radius 3 is 1.89 bits per heavy atom. The Labute approximate surface area is 111 Å². The van der Waals surface area contributed by atoms with Crippen LogP contribution in [0, 0.1) is 12.8 Å². The zero-order chi connectivity index (χ0) is 14.2. The Morgan fingerprint density at radius 2 is 1.42 bits per heavy atom. The molecular weight excluding hydrogens is 244 g/mol. The van der Waals surface area contributed by atoms with Crippen molar-refractivity contribution in [3.05, 3.63) is 35.4 Å². The van der Waals surface area contributed by atoms with E-state index >= 15 is 0 Å². The summed E-state index contributed by atoms with van der Waals surface area (Å²) in [5.74, 6) is -1.68. The van der Waals surface area contributed by atoms with E-state index in [9.17, 15) is 14.4 Å². The molecule has 0 saturated carbocycles. The zero-order valence-electron chi connectivity index (χ0n) is 11.2. The first kappa shape index (κ1) is 13.3. The molecule has 100 valence electrons. The van der Waals surface area contributed by atoms with Gasteiger partial charge in [-0.1, -0.05) is 29.8 Å². The molecule has 4 amide bonds. The third-order valence-corrected chi connectivity index (χ3v) is 3.39. The van der Waals surface area contributed by atoms with Crippen molar-refractivity contribution >= 4 is 17.8 Å². The maximum Gasteiger partial charge on any atom is 0.332 e. The second-order valence-electron chi connectivity index (χ2n) is 4.82. The van der Waals surface area contributed by atoms with Gasteiger partial charge in [0.05, 0.1) is 0 Å². The molecule has 0 spiro atoms. The van der Waals surface area contributed by atoms with Crippen molar-refractivity contribution in [1.29, 1.82) is 0 Å². The van der Waals surface area contributed by atoms with Gasteiger partial charge >= 0.3 is 6.03 Å². The Kier molecular flexibility index (Phi) is 3.38. The predicted octanol–water partition coefficient (Wildman–Crippen LogP) is 1.20. The average molecular weight is 260 g/mol. The van der Waals surface area contributed by atoms with Gasteiger partial charge in [-0.05, 0) is 18.9 Å². The van der Waals surface area contributed by atoms with Crippen LogP contribution in [0.5, 0.6) is 0 Å². The molecule has 1 fully saturated rings. The molecule has 5 nitrogen and oxygen atoms in total. The molecule has 0 aliphatic carbocycles. The Bertz CT molecular complexity index is 512. The molecule has 5 heteroatoms. The largest absolute Gasteiger partial charge is 0.332 e. The summed E-state index contributed by atoms with van der Waals surface area (Å²) in [6.45, 7) is 1.97. The molecule has 1 saturated heterocycles. The van der Waals surface area contributed by atoms with E-state index in [0.717, 1.165) is 20.9 Å². The summed E-state index contributed by atoms with van der Waals surface area (Å²) in [7, 11) is 2.80. The molecule has 0 N–H and O–H groups in total. The molecule has 2 rings (SSSR count). The third-order valence-electron chi connectivity index (χ3n) is 3.39. The maximum absolute atomic E-state index is 12.0. The molecule has 1 aromatic rings. The fourth-order valence-corrected chi connectivity index (χ4v) is 2.12. The van der Waals surface area contributed by atoms with Crippen molar-refractivity contribution in [2.75, 3.05) is 14.1 Å². The molecule has 1 heterocycles. The van der Waals surface area contributed by atoms with Crippen LogP contribution in [0.15, 0.2) is 24.3 Å². The molecule has 0 aromatic heterocycles. The Balaban J connectivity index is 2.23. The highest BCUT2D eigenvalue weighted by Gasteiger charge is 2.42. The monoisotopic (exact) mass is 260 g/mol. The van der Waals surface area contributed by atoms with Crippen LogP contribution in [0.1, 0.15) is 11.1 Å². The van der Waals surface area contributed by atoms with E-state index < -0.39 is 23.8 Å². The van der Waals surface area contributed by atoms with Crippen LogP contribution in [0.3, 0.4) is 0 Å². The summed E-state index contributed by atoms with van der Waals surface area (Å²) in [5, 5.41) is 0. The molecule has 0 unspecified atom stereocenters. The number of nitrogens with zero attached hydrogens (tertiary/aromatic N) is 2. The number of aryl methyl sites for hydroxylation is 1. The number of benzene rings is 1. The minimum Gasteiger partial charge on any atom is -0.273 e. The van der Waals surface area contributed by atoms with Crippen LogP contribution in [-0.4, -0.2) is 41.7 Å². The van der Waals surface area contributed by atoms with Crippen LogP contribution in [0.25, 0.3) is 0 Å². The first-order valence-electron chi connectivity index (χ1n) is 6.06. The molecule has 1 aromatic carbocycles. The number of urea groups is 1. The van der Waals surface area contributed by atoms with Crippen molar-refractivity contribution in [1.82, 2.24) is 9.80 Å². The molecule has 1 aliphatic heterocycles. The van der Waals surface area contributed by atoms with Crippen molar-refractivity contribution < 1.29 is 14.4 Å². The van der Waals surface area contributed by atoms with Gasteiger partial charge in [-0.2, -0.15) is 0 Å². The lowest BCUT2D eigenvalue weighted by molar-refractivity contribution is -0.147. The van der Waals surface area contributed by atoms with Crippen molar-refractivity contribution in [3.63, 3.8) is 0 Å². The highest BCUT2D eigenvalue weighted by molar-refractivity contribution is 6.15. The molecular formula is C14H16N2O3. The molecule has 0 radical (unpaired) electrons. The van der Waals surface area contributed by atoms with Crippen LogP contribution in [-0.2, 0) is 16.0 Å². The summed E-state index contributed by atoms with van der Waals surface area (Å²) in [4.78, 5) is 37.6. The van der Waals surface area contributed by atoms with Gasteiger partial charge in [0.1, 0.15) is 5.92 Å². The molecule has 19 heavy (non-hydrogen) atoms. The number of hydrogen-bond acceptors (Lipinski definition) is 3. The summed E-state index contributed by atoms with van der Waals surface area (Å²) < 4.78 is 0. The quantitative estimate of drug-likeness (QED) is 0.751. The first-order valence-corrected chi connectivity index (χ1v) is 6.06. The van der Waals surface area contributed by atoms with Gasteiger partial charge < -0.3 is 0 Å². The lowest BCUT2D eigenvalue weighted by Crippen LogP contribution is -2.57. The van der Waals surface area contributed by atoms with Gasteiger partial charge in [0.15, 0.2) is 0 Å². The third kappa shape index (κ3) is 2.36. The number of barbiturate groups is 1. The predicted molar refractivity (Wildman–Crippen MR) is 69.3 cm³/mol. The number of amides is 4. The van der Waals surface area contributed by atoms with Gasteiger partial charge in [0.25, 0.3) is 0 Å². The second-order valence-corrected chi connectivity index (χ2v) is 4.82. The van der Waals surface area contributed by atoms with Gasteiger partial charge in [-0.15, -0.1) is 0 Å². The number of hydrogen-bond donors (Lipinski definition) is 0. The van der Waals surface area contributed by atoms with E-state index in [1.54, 1.807) is 0 Å². The van der Waals surface area contributed by atoms with E-state index in [0.29, 0.717) is 6.42 Å². The lowest BCUT2D eigenvalue weighted by Gasteiger charge is -2.32. The van der Waals surface area contributed by atoms with Crippen LogP contribution < -0.4 is 0 Å². The minimum absolute atomic E-state index is 0.319. The lowest BCUT2D eigenvalue weighted by atomic mass is 9.95. The van der Waals surface area contributed by atoms with Crippen LogP contribution >= 0.6 is 0 Å². The standard InChI is InChI=1S/C14H16N2O3/c1-9-4-6-10(7-5-9)8-11-12(17)15(2)14(19)16(3)13(11)18/h4-7,11H,8H2,1-3H3. The fraction of sp³-hybridized carbons (Fsp3) is 0.357. The number of carbonyl (C=O) groups is 3. The normalized spacial score (nSPS) is 17.3. The van der Waals surface area contributed by atoms with Crippen molar-refractivity contribution in [3.8, 4) is 0 Å². The smallest absolute Gasteiger partial charge is 0.273 e. The van der Waals surface area contributed by atoms with Gasteiger partial charge in [-0.25, -0.2) is 4.79 Å². The highest BCUT2D eigenvalue weighted by atomic mass is 16.2. The minimum atomic E-state index is -0.810. The molecule has 1 aliphatic rings. The summed E-state index contributed by atoms with van der Waals surface area (Å²) >= 11 is 0. The number of imide groups is 2. The average Bonchev–Trinajstić information content (AvgIpc) is 2.41. The van der Waals surface area contributed by atoms with E-state index in [1.165, 1.54) is 14.1 Å². The van der Waals surface area contributed by atoms with Crippen molar-refractivity contribution in [2.45, 2.75) is 13.3 Å². The summed E-state index contributed by atoms with van der Waals surface area (Å²) in [6, 6.07) is 7.09. The number of rotatable bonds is 2. The Hall–Kier alpha value is -2.17. The van der Waals surface area contributed by atoms with Crippen LogP contribution in [0.2, 0.25) is 0 Å². The highest BCUT2D eigenvalue weighted by Crippen LogP contribution is 2.19. The molecule has 0 atom stereocenters. The Morgan fingerprint density at radius 1 is 0.947 bits per heavy atom. The van der Waals surface area contributed by atoms with E-state index in [4.69, 9.17) is 0 Å². The van der Waals surface area contributed by atoms with E-state index in [2.05, 4.69) is 0 Å².